The van der Waals surface area contributed by atoms with Crippen LogP contribution in [-0.4, -0.2) is 6.26 Å². The second kappa shape index (κ2) is 33.8. The van der Waals surface area contributed by atoms with Gasteiger partial charge in [0.25, 0.3) is 0 Å². The average Bonchev–Trinajstić information content (AvgIpc) is 3.39. The van der Waals surface area contributed by atoms with Crippen molar-refractivity contribution in [1.29, 1.82) is 0 Å². The smallest absolute Gasteiger partial charge is 0.00563 e. The molecule has 0 aromatic heterocycles. The van der Waals surface area contributed by atoms with Gasteiger partial charge in [0.1, 0.15) is 0 Å². The average molecular weight is 883 g/mol. The summed E-state index contributed by atoms with van der Waals surface area (Å²) in [6, 6.07) is 45.9. The molecule has 344 valence electrons. The van der Waals surface area contributed by atoms with Gasteiger partial charge in [0.2, 0.25) is 0 Å². The molecule has 0 N–H and O–H groups in total. The zero-order chi connectivity index (χ0) is 48.6. The zero-order valence-electron chi connectivity index (χ0n) is 42.8. The maximum atomic E-state index is 4.11. The first-order valence-electron chi connectivity index (χ1n) is 24.3. The summed E-state index contributed by atoms with van der Waals surface area (Å²) in [6.45, 7) is 34.3. The Bertz CT molecular complexity index is 2340. The van der Waals surface area contributed by atoms with Crippen molar-refractivity contribution in [2.24, 2.45) is 0 Å². The fraction of sp³-hybridized carbons (Fsp3) is 0.281. The van der Waals surface area contributed by atoms with Gasteiger partial charge >= 0.3 is 0 Å². The Morgan fingerprint density at radius 1 is 0.662 bits per heavy atom. The summed E-state index contributed by atoms with van der Waals surface area (Å²) in [5, 5.41) is 0. The minimum atomic E-state index is 0.402. The van der Waals surface area contributed by atoms with Crippen molar-refractivity contribution in [2.45, 2.75) is 115 Å². The summed E-state index contributed by atoms with van der Waals surface area (Å²) in [4.78, 5) is 1.34. The maximum absolute atomic E-state index is 4.11. The molecule has 1 atom stereocenters. The first kappa shape index (κ1) is 57.4. The molecule has 65 heavy (non-hydrogen) atoms. The Kier molecular flexibility index (Phi) is 29.9. The number of rotatable bonds is 10. The molecular formula is C64H82S. The molecule has 2 aliphatic carbocycles. The standard InChI is InChI=1S/C37H34S.C17H18.5C2H6/c1-4-36(31-13-6-5-7-14-31)37(38-3)25-28-12-9-16-33(24-28)29-19-21-30(22-20-29)34-17-10-18-35(26-34)32-15-8-11-27(2)23-32;1-4-8-14-12-13(3)15(9-5-2)17-11-7-6-10-16(14)17;5*1-2/h4-21,23-24,26,30H,1,22,25H2,2-3H3;4-11H,1,12H2,2-3H3;5*1-2H3/b37-36-;9-5-,14-8+;;;;;. The van der Waals surface area contributed by atoms with Gasteiger partial charge in [0.15, 0.2) is 0 Å². The summed E-state index contributed by atoms with van der Waals surface area (Å²) in [5.74, 6) is 0.402. The SMILES string of the molecule is C=C/C(=C(\Cc1cccc(C2=CCC(c3cccc(-c4cccc(C)c4)c3)C=C2)c1)SC)c1ccccc1.C=C/C=C1\CC(C)=C(/C=C\C)c2ccccc21.CC.CC.CC.CC.CC. The number of hydrogen-bond donors (Lipinski definition) is 0. The summed E-state index contributed by atoms with van der Waals surface area (Å²) in [6.07, 6.45) is 22.5. The Labute approximate surface area is 403 Å². The van der Waals surface area contributed by atoms with Crippen LogP contribution in [-0.2, 0) is 6.42 Å². The van der Waals surface area contributed by atoms with E-state index in [4.69, 9.17) is 0 Å². The van der Waals surface area contributed by atoms with Crippen molar-refractivity contribution in [3.8, 4) is 11.1 Å². The van der Waals surface area contributed by atoms with Crippen LogP contribution in [0.3, 0.4) is 0 Å². The van der Waals surface area contributed by atoms with Crippen LogP contribution in [0.2, 0.25) is 0 Å². The highest BCUT2D eigenvalue weighted by Crippen LogP contribution is 2.39. The van der Waals surface area contributed by atoms with Crippen molar-refractivity contribution in [3.05, 3.63) is 239 Å². The van der Waals surface area contributed by atoms with E-state index in [2.05, 4.69) is 204 Å². The second-order valence-corrected chi connectivity index (χ2v) is 15.1. The topological polar surface area (TPSA) is 0 Å². The van der Waals surface area contributed by atoms with Crippen LogP contribution < -0.4 is 0 Å². The van der Waals surface area contributed by atoms with Crippen molar-refractivity contribution < 1.29 is 0 Å². The lowest BCUT2D eigenvalue weighted by Gasteiger charge is -2.22. The number of hydrogen-bond acceptors (Lipinski definition) is 1. The molecule has 5 aromatic carbocycles. The summed E-state index contributed by atoms with van der Waals surface area (Å²) >= 11 is 1.81. The van der Waals surface area contributed by atoms with Crippen LogP contribution in [0.15, 0.2) is 200 Å². The number of aryl methyl sites for hydroxylation is 1. The molecule has 5 aromatic rings. The van der Waals surface area contributed by atoms with E-state index in [-0.39, 0.29) is 0 Å². The molecule has 0 amide bonds. The van der Waals surface area contributed by atoms with E-state index in [0.717, 1.165) is 19.3 Å². The number of allylic oxidation sites excluding steroid dienone is 14. The quantitative estimate of drug-likeness (QED) is 0.126. The first-order valence-corrected chi connectivity index (χ1v) is 25.5. The van der Waals surface area contributed by atoms with E-state index in [9.17, 15) is 0 Å². The van der Waals surface area contributed by atoms with Gasteiger partial charge in [-0.1, -0.05) is 270 Å². The van der Waals surface area contributed by atoms with Crippen molar-refractivity contribution in [3.63, 3.8) is 0 Å². The Morgan fingerprint density at radius 3 is 1.85 bits per heavy atom. The second-order valence-electron chi connectivity index (χ2n) is 14.2. The third-order valence-corrected chi connectivity index (χ3v) is 11.2. The van der Waals surface area contributed by atoms with E-state index < -0.39 is 0 Å². The van der Waals surface area contributed by atoms with Crippen LogP contribution in [0, 0.1) is 6.92 Å². The summed E-state index contributed by atoms with van der Waals surface area (Å²) < 4.78 is 0. The number of benzene rings is 5. The highest BCUT2D eigenvalue weighted by atomic mass is 32.2. The molecular weight excluding hydrogens is 801 g/mol. The minimum absolute atomic E-state index is 0.402. The fourth-order valence-corrected chi connectivity index (χ4v) is 8.31. The lowest BCUT2D eigenvalue weighted by atomic mass is 9.82. The molecule has 2 aliphatic rings. The van der Waals surface area contributed by atoms with Gasteiger partial charge < -0.3 is 0 Å². The van der Waals surface area contributed by atoms with Crippen LogP contribution in [0.5, 0.6) is 0 Å². The predicted molar refractivity (Wildman–Crippen MR) is 302 cm³/mol. The van der Waals surface area contributed by atoms with Gasteiger partial charge in [-0.15, -0.1) is 11.8 Å². The van der Waals surface area contributed by atoms with Crippen molar-refractivity contribution in [2.75, 3.05) is 6.26 Å². The molecule has 1 unspecified atom stereocenters. The maximum Gasteiger partial charge on any atom is 0.00563 e. The zero-order valence-corrected chi connectivity index (χ0v) is 43.6. The van der Waals surface area contributed by atoms with Gasteiger partial charge in [-0.2, -0.15) is 0 Å². The Balaban J connectivity index is 0.000000653. The Morgan fingerprint density at radius 2 is 1.26 bits per heavy atom. The normalized spacial score (nSPS) is 14.2. The fourth-order valence-electron chi connectivity index (χ4n) is 7.58. The van der Waals surface area contributed by atoms with E-state index in [0.29, 0.717) is 5.92 Å². The summed E-state index contributed by atoms with van der Waals surface area (Å²) in [5.41, 5.74) is 18.4. The molecule has 0 bridgehead atoms. The first-order chi connectivity index (χ1) is 31.9. The third kappa shape index (κ3) is 17.4. The van der Waals surface area contributed by atoms with Crippen LogP contribution in [0.25, 0.3) is 33.4 Å². The third-order valence-electron chi connectivity index (χ3n) is 10.4. The van der Waals surface area contributed by atoms with Gasteiger partial charge in [-0.3, -0.25) is 0 Å². The molecule has 0 heterocycles. The molecule has 0 spiro atoms. The minimum Gasteiger partial charge on any atom is -0.133 e. The van der Waals surface area contributed by atoms with Gasteiger partial charge in [-0.25, -0.2) is 0 Å². The molecule has 0 aliphatic heterocycles. The molecule has 0 nitrogen and oxygen atoms in total. The van der Waals surface area contributed by atoms with E-state index in [1.807, 2.05) is 93.2 Å². The van der Waals surface area contributed by atoms with Gasteiger partial charge in [-0.05, 0) is 112 Å². The molecule has 0 saturated carbocycles. The molecule has 0 radical (unpaired) electrons. The number of fused-ring (bicyclic) bond motifs is 1. The van der Waals surface area contributed by atoms with E-state index >= 15 is 0 Å². The lowest BCUT2D eigenvalue weighted by molar-refractivity contribution is 0.857. The monoisotopic (exact) mass is 883 g/mol. The van der Waals surface area contributed by atoms with Crippen molar-refractivity contribution in [1.82, 2.24) is 0 Å². The lowest BCUT2D eigenvalue weighted by Crippen LogP contribution is -2.01. The highest BCUT2D eigenvalue weighted by Gasteiger charge is 2.18. The van der Waals surface area contributed by atoms with Crippen LogP contribution in [0.4, 0.5) is 0 Å². The molecule has 0 saturated heterocycles. The molecule has 0 fully saturated rings. The van der Waals surface area contributed by atoms with Gasteiger partial charge in [0, 0.05) is 12.3 Å². The largest absolute Gasteiger partial charge is 0.133 e. The van der Waals surface area contributed by atoms with E-state index in [1.165, 1.54) is 82.8 Å². The molecule has 1 heteroatoms. The van der Waals surface area contributed by atoms with Crippen LogP contribution >= 0.6 is 11.8 Å². The summed E-state index contributed by atoms with van der Waals surface area (Å²) in [7, 11) is 0. The van der Waals surface area contributed by atoms with Crippen molar-refractivity contribution >= 4 is 34.1 Å². The Hall–Kier alpha value is -5.63. The molecule has 7 rings (SSSR count). The van der Waals surface area contributed by atoms with Gasteiger partial charge in [0.05, 0.1) is 0 Å². The van der Waals surface area contributed by atoms with E-state index in [1.54, 1.807) is 0 Å². The predicted octanol–water partition coefficient (Wildman–Crippen LogP) is 20.4. The van der Waals surface area contributed by atoms with Crippen LogP contribution in [0.1, 0.15) is 141 Å². The highest BCUT2D eigenvalue weighted by molar-refractivity contribution is 8.02. The number of thioether (sulfide) groups is 1.